The Hall–Kier alpha value is -3.13. The highest BCUT2D eigenvalue weighted by atomic mass is 32.1. The Morgan fingerprint density at radius 1 is 1.11 bits per heavy atom. The van der Waals surface area contributed by atoms with Gasteiger partial charge in [-0.15, -0.1) is 0 Å². The van der Waals surface area contributed by atoms with Crippen LogP contribution >= 0.6 is 11.3 Å². The van der Waals surface area contributed by atoms with Gasteiger partial charge in [0.15, 0.2) is 11.2 Å². The van der Waals surface area contributed by atoms with Crippen molar-refractivity contribution in [2.45, 2.75) is 20.0 Å². The average molecular weight is 384 g/mol. The molecule has 3 rings (SSSR count). The van der Waals surface area contributed by atoms with E-state index in [1.165, 1.54) is 11.3 Å². The Bertz CT molecular complexity index is 907. The van der Waals surface area contributed by atoms with Crippen LogP contribution in [0.15, 0.2) is 48.5 Å². The summed E-state index contributed by atoms with van der Waals surface area (Å²) >= 11 is 1.46. The second-order valence-corrected chi connectivity index (χ2v) is 6.98. The molecule has 0 aliphatic carbocycles. The van der Waals surface area contributed by atoms with Crippen LogP contribution < -0.4 is 20.9 Å². The van der Waals surface area contributed by atoms with Crippen LogP contribution in [0, 0.1) is 6.92 Å². The van der Waals surface area contributed by atoms with Crippen molar-refractivity contribution in [1.29, 1.82) is 0 Å². The number of benzene rings is 2. The fraction of sp³-hybridized carbons (Fsp3) is 0.211. The SMILES string of the molecule is Cc1ccc(O[C@@H](C)C(=O)NNC(=O)CNc2nc3ccccc3s2)cc1. The topological polar surface area (TPSA) is 92.4 Å². The summed E-state index contributed by atoms with van der Waals surface area (Å²) in [5, 5.41) is 3.59. The molecule has 8 heteroatoms. The number of anilines is 1. The third-order valence-electron chi connectivity index (χ3n) is 3.72. The third-order valence-corrected chi connectivity index (χ3v) is 4.72. The van der Waals surface area contributed by atoms with Crippen molar-refractivity contribution in [3.63, 3.8) is 0 Å². The number of para-hydroxylation sites is 1. The third kappa shape index (κ3) is 5.18. The summed E-state index contributed by atoms with van der Waals surface area (Å²) < 4.78 is 6.58. The van der Waals surface area contributed by atoms with Gasteiger partial charge in [-0.05, 0) is 38.1 Å². The van der Waals surface area contributed by atoms with Crippen LogP contribution in [0.4, 0.5) is 5.13 Å². The second kappa shape index (κ2) is 8.50. The minimum Gasteiger partial charge on any atom is -0.481 e. The van der Waals surface area contributed by atoms with Crippen molar-refractivity contribution in [2.75, 3.05) is 11.9 Å². The number of amides is 2. The monoisotopic (exact) mass is 384 g/mol. The summed E-state index contributed by atoms with van der Waals surface area (Å²) in [6, 6.07) is 15.1. The summed E-state index contributed by atoms with van der Waals surface area (Å²) in [4.78, 5) is 28.3. The van der Waals surface area contributed by atoms with E-state index in [9.17, 15) is 9.59 Å². The second-order valence-electron chi connectivity index (χ2n) is 5.95. The van der Waals surface area contributed by atoms with Crippen LogP contribution in [-0.2, 0) is 9.59 Å². The molecule has 0 radical (unpaired) electrons. The molecule has 7 nitrogen and oxygen atoms in total. The van der Waals surface area contributed by atoms with Gasteiger partial charge in [-0.1, -0.05) is 41.2 Å². The van der Waals surface area contributed by atoms with Crippen LogP contribution in [0.5, 0.6) is 5.75 Å². The van der Waals surface area contributed by atoms with Crippen LogP contribution in [-0.4, -0.2) is 29.4 Å². The van der Waals surface area contributed by atoms with Gasteiger partial charge in [-0.3, -0.25) is 20.4 Å². The van der Waals surface area contributed by atoms with Crippen LogP contribution in [0.1, 0.15) is 12.5 Å². The number of hydrogen-bond acceptors (Lipinski definition) is 6. The first kappa shape index (κ1) is 18.7. The molecular formula is C19H20N4O3S. The lowest BCUT2D eigenvalue weighted by atomic mass is 10.2. The summed E-state index contributed by atoms with van der Waals surface area (Å²) in [5.74, 6) is -0.235. The highest BCUT2D eigenvalue weighted by Crippen LogP contribution is 2.24. The zero-order chi connectivity index (χ0) is 19.2. The standard InChI is InChI=1S/C19H20N4O3S/c1-12-7-9-14(10-8-12)26-13(2)18(25)23-22-17(24)11-20-19-21-15-5-3-4-6-16(15)27-19/h3-10,13H,11H2,1-2H3,(H,20,21)(H,22,24)(H,23,25)/t13-/m0/s1. The summed E-state index contributed by atoms with van der Waals surface area (Å²) in [7, 11) is 0. The van der Waals surface area contributed by atoms with E-state index >= 15 is 0 Å². The number of nitrogens with one attached hydrogen (secondary N) is 3. The normalized spacial score (nSPS) is 11.6. The molecule has 0 fully saturated rings. The smallest absolute Gasteiger partial charge is 0.279 e. The first-order chi connectivity index (χ1) is 13.0. The molecule has 0 bridgehead atoms. The van der Waals surface area contributed by atoms with Crippen molar-refractivity contribution in [2.24, 2.45) is 0 Å². The summed E-state index contributed by atoms with van der Waals surface area (Å²) in [6.45, 7) is 3.58. The van der Waals surface area contributed by atoms with Gasteiger partial charge in [0, 0.05) is 0 Å². The first-order valence-corrected chi connectivity index (χ1v) is 9.24. The number of carbonyl (C=O) groups is 2. The molecule has 2 amide bonds. The Morgan fingerprint density at radius 2 is 1.85 bits per heavy atom. The molecule has 1 atom stereocenters. The van der Waals surface area contributed by atoms with Gasteiger partial charge < -0.3 is 10.1 Å². The number of fused-ring (bicyclic) bond motifs is 1. The molecule has 1 heterocycles. The van der Waals surface area contributed by atoms with Gasteiger partial charge in [0.1, 0.15) is 5.75 Å². The van der Waals surface area contributed by atoms with Gasteiger partial charge in [0.25, 0.3) is 11.8 Å². The van der Waals surface area contributed by atoms with E-state index in [2.05, 4.69) is 21.2 Å². The van der Waals surface area contributed by atoms with Crippen molar-refractivity contribution < 1.29 is 14.3 Å². The van der Waals surface area contributed by atoms with Crippen LogP contribution in [0.3, 0.4) is 0 Å². The van der Waals surface area contributed by atoms with Gasteiger partial charge in [0.05, 0.1) is 16.8 Å². The first-order valence-electron chi connectivity index (χ1n) is 8.43. The fourth-order valence-electron chi connectivity index (χ4n) is 2.26. The molecule has 3 N–H and O–H groups in total. The molecule has 0 saturated carbocycles. The zero-order valence-electron chi connectivity index (χ0n) is 15.0. The van der Waals surface area contributed by atoms with E-state index in [0.717, 1.165) is 15.8 Å². The predicted molar refractivity (Wildman–Crippen MR) is 106 cm³/mol. The van der Waals surface area contributed by atoms with Gasteiger partial charge in [-0.2, -0.15) is 0 Å². The van der Waals surface area contributed by atoms with Crippen molar-refractivity contribution in [3.05, 3.63) is 54.1 Å². The van der Waals surface area contributed by atoms with E-state index < -0.39 is 12.0 Å². The average Bonchev–Trinajstić information content (AvgIpc) is 3.09. The van der Waals surface area contributed by atoms with E-state index in [1.807, 2.05) is 43.3 Å². The minimum atomic E-state index is -0.745. The van der Waals surface area contributed by atoms with Crippen molar-refractivity contribution in [3.8, 4) is 5.75 Å². The Labute approximate surface area is 160 Å². The van der Waals surface area contributed by atoms with Crippen molar-refractivity contribution >= 4 is 38.5 Å². The van der Waals surface area contributed by atoms with Gasteiger partial charge in [-0.25, -0.2) is 4.98 Å². The number of ether oxygens (including phenoxy) is 1. The Morgan fingerprint density at radius 3 is 2.59 bits per heavy atom. The molecule has 2 aromatic carbocycles. The number of rotatable bonds is 6. The van der Waals surface area contributed by atoms with Gasteiger partial charge in [0.2, 0.25) is 0 Å². The molecular weight excluding hydrogens is 364 g/mol. The lowest BCUT2D eigenvalue weighted by molar-refractivity contribution is -0.132. The van der Waals surface area contributed by atoms with E-state index in [4.69, 9.17) is 4.74 Å². The highest BCUT2D eigenvalue weighted by Gasteiger charge is 2.15. The molecule has 3 aromatic rings. The lowest BCUT2D eigenvalue weighted by Crippen LogP contribution is -2.48. The number of thiazole rings is 1. The summed E-state index contributed by atoms with van der Waals surface area (Å²) in [5.41, 5.74) is 6.69. The maximum Gasteiger partial charge on any atom is 0.279 e. The minimum absolute atomic E-state index is 0.00664. The Kier molecular flexibility index (Phi) is 5.87. The number of aromatic nitrogens is 1. The molecule has 1 aromatic heterocycles. The number of nitrogens with zero attached hydrogens (tertiary/aromatic N) is 1. The van der Waals surface area contributed by atoms with Crippen molar-refractivity contribution in [1.82, 2.24) is 15.8 Å². The number of hydrazine groups is 1. The fourth-order valence-corrected chi connectivity index (χ4v) is 3.12. The highest BCUT2D eigenvalue weighted by molar-refractivity contribution is 7.22. The Balaban J connectivity index is 1.42. The predicted octanol–water partition coefficient (Wildman–Crippen LogP) is 2.63. The molecule has 27 heavy (non-hydrogen) atoms. The van der Waals surface area contributed by atoms with Gasteiger partial charge >= 0.3 is 0 Å². The molecule has 0 saturated heterocycles. The van der Waals surface area contributed by atoms with E-state index in [0.29, 0.717) is 10.9 Å². The van der Waals surface area contributed by atoms with Crippen LogP contribution in [0.2, 0.25) is 0 Å². The number of hydrogen-bond donors (Lipinski definition) is 3. The quantitative estimate of drug-likeness (QED) is 0.568. The maximum atomic E-state index is 12.0. The maximum absolute atomic E-state index is 12.0. The van der Waals surface area contributed by atoms with Crippen LogP contribution in [0.25, 0.3) is 10.2 Å². The molecule has 0 aliphatic rings. The molecule has 0 unspecified atom stereocenters. The van der Waals surface area contributed by atoms with E-state index in [1.54, 1.807) is 19.1 Å². The number of aryl methyl sites for hydroxylation is 1. The lowest BCUT2D eigenvalue weighted by Gasteiger charge is -2.15. The number of carbonyl (C=O) groups excluding carboxylic acids is 2. The molecule has 140 valence electrons. The molecule has 0 spiro atoms. The zero-order valence-corrected chi connectivity index (χ0v) is 15.8. The van der Waals surface area contributed by atoms with E-state index in [-0.39, 0.29) is 12.5 Å². The summed E-state index contributed by atoms with van der Waals surface area (Å²) in [6.07, 6.45) is -0.745. The molecule has 0 aliphatic heterocycles. The largest absolute Gasteiger partial charge is 0.481 e.